The number of amides is 2. The molecule has 1 aliphatic rings. The summed E-state index contributed by atoms with van der Waals surface area (Å²) in [6, 6.07) is 6.36. The van der Waals surface area contributed by atoms with E-state index in [4.69, 9.17) is 0 Å². The molecule has 2 rings (SSSR count). The Balaban J connectivity index is 1.93. The van der Waals surface area contributed by atoms with Crippen LogP contribution in [0.1, 0.15) is 18.4 Å². The Labute approximate surface area is 118 Å². The van der Waals surface area contributed by atoms with Gasteiger partial charge < -0.3 is 9.80 Å². The number of rotatable bonds is 4. The van der Waals surface area contributed by atoms with Crippen LogP contribution in [-0.2, 0) is 16.0 Å². The second-order valence-corrected chi connectivity index (χ2v) is 5.24. The van der Waals surface area contributed by atoms with Crippen LogP contribution in [0.25, 0.3) is 0 Å². The van der Waals surface area contributed by atoms with Gasteiger partial charge in [0.2, 0.25) is 11.8 Å². The van der Waals surface area contributed by atoms with Crippen LogP contribution in [-0.4, -0.2) is 48.3 Å². The molecule has 0 radical (unpaired) electrons. The number of hydrogen-bond acceptors (Lipinski definition) is 2. The quantitative estimate of drug-likeness (QED) is 0.836. The number of carbonyl (C=O) groups excluding carboxylic acids is 2. The normalized spacial score (nSPS) is 18.4. The molecule has 1 aromatic rings. The van der Waals surface area contributed by atoms with Crippen molar-refractivity contribution in [3.63, 3.8) is 0 Å². The highest BCUT2D eigenvalue weighted by Crippen LogP contribution is 2.17. The van der Waals surface area contributed by atoms with Crippen LogP contribution in [0.2, 0.25) is 0 Å². The van der Waals surface area contributed by atoms with Gasteiger partial charge in [0.1, 0.15) is 5.82 Å². The van der Waals surface area contributed by atoms with Gasteiger partial charge in [-0.25, -0.2) is 4.39 Å². The average Bonchev–Trinajstić information content (AvgIpc) is 2.73. The Morgan fingerprint density at radius 2 is 2.15 bits per heavy atom. The summed E-state index contributed by atoms with van der Waals surface area (Å²) in [5, 5.41) is 0. The SMILES string of the molecule is CN(CC1CCC(=O)N1C)C(=O)Cc1ccccc1F. The highest BCUT2D eigenvalue weighted by Gasteiger charge is 2.29. The minimum atomic E-state index is -0.359. The van der Waals surface area contributed by atoms with Crippen LogP contribution in [0.3, 0.4) is 0 Å². The molecule has 0 saturated carbocycles. The third-order valence-corrected chi connectivity index (χ3v) is 3.84. The molecule has 20 heavy (non-hydrogen) atoms. The van der Waals surface area contributed by atoms with Crippen molar-refractivity contribution in [3.8, 4) is 0 Å². The number of benzene rings is 1. The first-order valence-corrected chi connectivity index (χ1v) is 6.72. The fourth-order valence-electron chi connectivity index (χ4n) is 2.44. The van der Waals surface area contributed by atoms with Crippen molar-refractivity contribution < 1.29 is 14.0 Å². The molecule has 1 atom stereocenters. The molecule has 0 spiro atoms. The largest absolute Gasteiger partial charge is 0.343 e. The lowest BCUT2D eigenvalue weighted by atomic mass is 10.1. The third-order valence-electron chi connectivity index (χ3n) is 3.84. The zero-order chi connectivity index (χ0) is 14.7. The van der Waals surface area contributed by atoms with Gasteiger partial charge >= 0.3 is 0 Å². The summed E-state index contributed by atoms with van der Waals surface area (Å²) in [7, 11) is 3.45. The molecule has 108 valence electrons. The van der Waals surface area contributed by atoms with Gasteiger partial charge in [0, 0.05) is 33.1 Å². The third kappa shape index (κ3) is 3.15. The maximum absolute atomic E-state index is 13.5. The van der Waals surface area contributed by atoms with E-state index in [2.05, 4.69) is 0 Å². The summed E-state index contributed by atoms with van der Waals surface area (Å²) in [4.78, 5) is 26.8. The molecular weight excluding hydrogens is 259 g/mol. The fourth-order valence-corrected chi connectivity index (χ4v) is 2.44. The summed E-state index contributed by atoms with van der Waals surface area (Å²) < 4.78 is 13.5. The number of nitrogens with zero attached hydrogens (tertiary/aromatic N) is 2. The van der Waals surface area contributed by atoms with Crippen molar-refractivity contribution >= 4 is 11.8 Å². The van der Waals surface area contributed by atoms with Gasteiger partial charge in [-0.1, -0.05) is 18.2 Å². The molecule has 1 aliphatic heterocycles. The van der Waals surface area contributed by atoms with E-state index in [1.165, 1.54) is 6.07 Å². The monoisotopic (exact) mass is 278 g/mol. The summed E-state index contributed by atoms with van der Waals surface area (Å²) >= 11 is 0. The van der Waals surface area contributed by atoms with E-state index in [9.17, 15) is 14.0 Å². The zero-order valence-electron chi connectivity index (χ0n) is 11.8. The molecule has 0 aliphatic carbocycles. The summed E-state index contributed by atoms with van der Waals surface area (Å²) in [5.74, 6) is -0.379. The average molecular weight is 278 g/mol. The number of halogens is 1. The standard InChI is InChI=1S/C15H19FN2O2/c1-17(10-12-7-8-14(19)18(12)2)15(20)9-11-5-3-4-6-13(11)16/h3-6,12H,7-10H2,1-2H3. The Morgan fingerprint density at radius 3 is 2.75 bits per heavy atom. The Morgan fingerprint density at radius 1 is 1.45 bits per heavy atom. The molecule has 0 aromatic heterocycles. The van der Waals surface area contributed by atoms with Gasteiger partial charge in [-0.2, -0.15) is 0 Å². The van der Waals surface area contributed by atoms with Gasteiger partial charge in [0.15, 0.2) is 0 Å². The van der Waals surface area contributed by atoms with Crippen molar-refractivity contribution in [2.45, 2.75) is 25.3 Å². The number of likely N-dealkylation sites (tertiary alicyclic amines) is 1. The molecular formula is C15H19FN2O2. The predicted molar refractivity (Wildman–Crippen MR) is 73.5 cm³/mol. The first-order chi connectivity index (χ1) is 9.49. The number of carbonyl (C=O) groups is 2. The zero-order valence-corrected chi connectivity index (χ0v) is 11.8. The fraction of sp³-hybridized carbons (Fsp3) is 0.467. The first-order valence-electron chi connectivity index (χ1n) is 6.72. The number of likely N-dealkylation sites (N-methyl/N-ethyl adjacent to an activating group) is 2. The van der Waals surface area contributed by atoms with Gasteiger partial charge in [0.25, 0.3) is 0 Å². The van der Waals surface area contributed by atoms with E-state index in [1.807, 2.05) is 0 Å². The van der Waals surface area contributed by atoms with E-state index in [-0.39, 0.29) is 30.1 Å². The topological polar surface area (TPSA) is 40.6 Å². The second kappa shape index (κ2) is 6.03. The minimum Gasteiger partial charge on any atom is -0.343 e. The van der Waals surface area contributed by atoms with E-state index in [1.54, 1.807) is 42.1 Å². The van der Waals surface area contributed by atoms with E-state index in [0.29, 0.717) is 18.5 Å². The molecule has 2 amide bonds. The molecule has 1 saturated heterocycles. The van der Waals surface area contributed by atoms with Gasteiger partial charge in [0.05, 0.1) is 6.42 Å². The van der Waals surface area contributed by atoms with Crippen molar-refractivity contribution in [2.24, 2.45) is 0 Å². The van der Waals surface area contributed by atoms with Crippen LogP contribution in [0.4, 0.5) is 4.39 Å². The molecule has 0 bridgehead atoms. The first kappa shape index (κ1) is 14.5. The van der Waals surface area contributed by atoms with E-state index in [0.717, 1.165) is 6.42 Å². The van der Waals surface area contributed by atoms with Gasteiger partial charge in [-0.15, -0.1) is 0 Å². The van der Waals surface area contributed by atoms with Crippen LogP contribution < -0.4 is 0 Å². The highest BCUT2D eigenvalue weighted by molar-refractivity contribution is 5.80. The van der Waals surface area contributed by atoms with Crippen molar-refractivity contribution in [2.75, 3.05) is 20.6 Å². The van der Waals surface area contributed by atoms with E-state index < -0.39 is 0 Å². The highest BCUT2D eigenvalue weighted by atomic mass is 19.1. The Hall–Kier alpha value is -1.91. The van der Waals surface area contributed by atoms with Crippen LogP contribution in [0.5, 0.6) is 0 Å². The maximum Gasteiger partial charge on any atom is 0.226 e. The molecule has 0 N–H and O–H groups in total. The molecule has 5 heteroatoms. The smallest absolute Gasteiger partial charge is 0.226 e. The molecule has 1 unspecified atom stereocenters. The lowest BCUT2D eigenvalue weighted by Gasteiger charge is -2.26. The Kier molecular flexibility index (Phi) is 4.37. The van der Waals surface area contributed by atoms with Crippen LogP contribution in [0, 0.1) is 5.82 Å². The van der Waals surface area contributed by atoms with Crippen LogP contribution in [0.15, 0.2) is 24.3 Å². The predicted octanol–water partition coefficient (Wildman–Crippen LogP) is 1.45. The number of hydrogen-bond donors (Lipinski definition) is 0. The van der Waals surface area contributed by atoms with Crippen molar-refractivity contribution in [1.29, 1.82) is 0 Å². The molecule has 1 heterocycles. The summed E-state index contributed by atoms with van der Waals surface area (Å²) in [5.41, 5.74) is 0.403. The second-order valence-electron chi connectivity index (χ2n) is 5.24. The van der Waals surface area contributed by atoms with Crippen molar-refractivity contribution in [1.82, 2.24) is 9.80 Å². The summed E-state index contributed by atoms with van der Waals surface area (Å²) in [6.45, 7) is 0.496. The maximum atomic E-state index is 13.5. The van der Waals surface area contributed by atoms with Crippen LogP contribution >= 0.6 is 0 Å². The molecule has 4 nitrogen and oxygen atoms in total. The lowest BCUT2D eigenvalue weighted by molar-refractivity contribution is -0.132. The molecule has 1 aromatic carbocycles. The van der Waals surface area contributed by atoms with E-state index >= 15 is 0 Å². The molecule has 1 fully saturated rings. The minimum absolute atomic E-state index is 0.0492. The summed E-state index contributed by atoms with van der Waals surface area (Å²) in [6.07, 6.45) is 1.36. The Bertz CT molecular complexity index is 518. The van der Waals surface area contributed by atoms with Gasteiger partial charge in [-0.05, 0) is 18.1 Å². The van der Waals surface area contributed by atoms with Crippen molar-refractivity contribution in [3.05, 3.63) is 35.6 Å². The van der Waals surface area contributed by atoms with Gasteiger partial charge in [-0.3, -0.25) is 9.59 Å². The lowest BCUT2D eigenvalue weighted by Crippen LogP contribution is -2.41.